The highest BCUT2D eigenvalue weighted by Crippen LogP contribution is 2.13. The van der Waals surface area contributed by atoms with Crippen molar-refractivity contribution in [2.45, 2.75) is 0 Å². The van der Waals surface area contributed by atoms with E-state index in [2.05, 4.69) is 20.5 Å². The maximum atomic E-state index is 11.3. The van der Waals surface area contributed by atoms with E-state index in [1.165, 1.54) is 0 Å². The van der Waals surface area contributed by atoms with Crippen molar-refractivity contribution in [3.8, 4) is 0 Å². The molecule has 0 atom stereocenters. The molecule has 0 saturated carbocycles. The number of rotatable bonds is 1. The number of hydrogen-bond donors (Lipinski definition) is 2. The monoisotopic (exact) mass is 176 g/mol. The lowest BCUT2D eigenvalue weighted by molar-refractivity contribution is 1.01. The van der Waals surface area contributed by atoms with E-state index in [1.54, 1.807) is 25.5 Å². The molecule has 2 rings (SSSR count). The van der Waals surface area contributed by atoms with Crippen LogP contribution in [0.25, 0.3) is 10.8 Å². The Morgan fingerprint density at radius 3 is 3.08 bits per heavy atom. The summed E-state index contributed by atoms with van der Waals surface area (Å²) < 4.78 is 0. The second-order valence-corrected chi connectivity index (χ2v) is 2.57. The van der Waals surface area contributed by atoms with Crippen LogP contribution in [0.3, 0.4) is 0 Å². The second-order valence-electron chi connectivity index (χ2n) is 2.57. The van der Waals surface area contributed by atoms with Gasteiger partial charge in [-0.15, -0.1) is 0 Å². The van der Waals surface area contributed by atoms with Gasteiger partial charge in [0.2, 0.25) is 0 Å². The van der Waals surface area contributed by atoms with Gasteiger partial charge in [-0.3, -0.25) is 9.78 Å². The molecule has 0 amide bonds. The topological polar surface area (TPSA) is 70.7 Å². The number of H-pyrrole nitrogens is 1. The summed E-state index contributed by atoms with van der Waals surface area (Å²) in [6.45, 7) is 0. The average molecular weight is 176 g/mol. The lowest BCUT2D eigenvalue weighted by Crippen LogP contribution is -2.10. The zero-order chi connectivity index (χ0) is 9.26. The zero-order valence-electron chi connectivity index (χ0n) is 7.03. The van der Waals surface area contributed by atoms with Gasteiger partial charge in [-0.05, 0) is 6.07 Å². The van der Waals surface area contributed by atoms with Crippen LogP contribution in [-0.4, -0.2) is 22.2 Å². The minimum absolute atomic E-state index is 0.198. The largest absolute Gasteiger partial charge is 0.371 e. The maximum Gasteiger partial charge on any atom is 0.272 e. The third-order valence-electron chi connectivity index (χ3n) is 1.83. The van der Waals surface area contributed by atoms with Crippen LogP contribution >= 0.6 is 0 Å². The van der Waals surface area contributed by atoms with Gasteiger partial charge in [-0.25, -0.2) is 5.10 Å². The summed E-state index contributed by atoms with van der Waals surface area (Å²) >= 11 is 0. The third-order valence-corrected chi connectivity index (χ3v) is 1.83. The fraction of sp³-hybridized carbons (Fsp3) is 0.125. The fourth-order valence-electron chi connectivity index (χ4n) is 1.20. The van der Waals surface area contributed by atoms with Crippen LogP contribution in [0.15, 0.2) is 23.3 Å². The van der Waals surface area contributed by atoms with E-state index in [9.17, 15) is 4.79 Å². The Balaban J connectivity index is 2.93. The van der Waals surface area contributed by atoms with E-state index >= 15 is 0 Å². The van der Waals surface area contributed by atoms with Gasteiger partial charge in [0.15, 0.2) is 5.82 Å². The first-order valence-electron chi connectivity index (χ1n) is 3.83. The smallest absolute Gasteiger partial charge is 0.272 e. The molecular formula is C8H8N4O. The summed E-state index contributed by atoms with van der Waals surface area (Å²) in [5.41, 5.74) is -0.198. The lowest BCUT2D eigenvalue weighted by atomic mass is 10.2. The Labute approximate surface area is 73.8 Å². The Morgan fingerprint density at radius 1 is 1.46 bits per heavy atom. The molecule has 0 spiro atoms. The van der Waals surface area contributed by atoms with Crippen LogP contribution in [0.1, 0.15) is 0 Å². The van der Waals surface area contributed by atoms with Gasteiger partial charge in [0, 0.05) is 24.8 Å². The molecule has 0 aliphatic heterocycles. The van der Waals surface area contributed by atoms with Crippen molar-refractivity contribution in [3.05, 3.63) is 28.8 Å². The predicted molar refractivity (Wildman–Crippen MR) is 49.7 cm³/mol. The van der Waals surface area contributed by atoms with Gasteiger partial charge in [0.05, 0.1) is 5.39 Å². The van der Waals surface area contributed by atoms with Gasteiger partial charge >= 0.3 is 0 Å². The molecule has 0 aliphatic rings. The van der Waals surface area contributed by atoms with Gasteiger partial charge in [-0.2, -0.15) is 5.10 Å². The molecule has 2 aromatic heterocycles. The fourth-order valence-corrected chi connectivity index (χ4v) is 1.20. The van der Waals surface area contributed by atoms with E-state index in [4.69, 9.17) is 0 Å². The van der Waals surface area contributed by atoms with Crippen molar-refractivity contribution in [1.82, 2.24) is 15.2 Å². The third kappa shape index (κ3) is 1.14. The maximum absolute atomic E-state index is 11.3. The van der Waals surface area contributed by atoms with Crippen LogP contribution in [0.4, 0.5) is 5.82 Å². The molecule has 0 bridgehead atoms. The van der Waals surface area contributed by atoms with Crippen LogP contribution in [0.2, 0.25) is 0 Å². The van der Waals surface area contributed by atoms with Gasteiger partial charge in [0.1, 0.15) is 0 Å². The number of aromatic nitrogens is 3. The molecule has 0 aliphatic carbocycles. The minimum atomic E-state index is -0.198. The molecule has 0 aromatic carbocycles. The van der Waals surface area contributed by atoms with Crippen molar-refractivity contribution in [3.63, 3.8) is 0 Å². The van der Waals surface area contributed by atoms with Crippen molar-refractivity contribution in [2.75, 3.05) is 12.4 Å². The first kappa shape index (κ1) is 7.72. The summed E-state index contributed by atoms with van der Waals surface area (Å²) in [5, 5.41) is 10.4. The summed E-state index contributed by atoms with van der Waals surface area (Å²) in [5.74, 6) is 0.628. The number of pyridine rings is 1. The number of hydrogen-bond acceptors (Lipinski definition) is 4. The van der Waals surface area contributed by atoms with Crippen LogP contribution in [-0.2, 0) is 0 Å². The molecule has 66 valence electrons. The summed E-state index contributed by atoms with van der Waals surface area (Å²) in [6.07, 6.45) is 3.19. The highest BCUT2D eigenvalue weighted by Gasteiger charge is 2.03. The van der Waals surface area contributed by atoms with E-state index < -0.39 is 0 Å². The Morgan fingerprint density at radius 2 is 2.31 bits per heavy atom. The summed E-state index contributed by atoms with van der Waals surface area (Å²) in [6, 6.07) is 1.66. The molecular weight excluding hydrogens is 168 g/mol. The Bertz CT molecular complexity index is 491. The number of anilines is 1. The summed E-state index contributed by atoms with van der Waals surface area (Å²) in [7, 11) is 1.74. The van der Waals surface area contributed by atoms with Gasteiger partial charge in [0.25, 0.3) is 5.56 Å². The SMILES string of the molecule is CNc1n[nH]c(=O)c2ccncc12. The molecule has 2 N–H and O–H groups in total. The van der Waals surface area contributed by atoms with Crippen LogP contribution < -0.4 is 10.9 Å². The molecule has 0 unspecified atom stereocenters. The zero-order valence-corrected chi connectivity index (χ0v) is 7.03. The number of nitrogens with zero attached hydrogens (tertiary/aromatic N) is 2. The van der Waals surface area contributed by atoms with Gasteiger partial charge in [-0.1, -0.05) is 0 Å². The highest BCUT2D eigenvalue weighted by molar-refractivity contribution is 5.89. The van der Waals surface area contributed by atoms with Crippen molar-refractivity contribution >= 4 is 16.6 Å². The van der Waals surface area contributed by atoms with Crippen LogP contribution in [0.5, 0.6) is 0 Å². The number of fused-ring (bicyclic) bond motifs is 1. The summed E-state index contributed by atoms with van der Waals surface area (Å²) in [4.78, 5) is 15.2. The van der Waals surface area contributed by atoms with E-state index in [1.807, 2.05) is 0 Å². The van der Waals surface area contributed by atoms with Crippen molar-refractivity contribution in [2.24, 2.45) is 0 Å². The van der Waals surface area contributed by atoms with Crippen LogP contribution in [0, 0.1) is 0 Å². The minimum Gasteiger partial charge on any atom is -0.371 e. The highest BCUT2D eigenvalue weighted by atomic mass is 16.1. The van der Waals surface area contributed by atoms with E-state index in [0.717, 1.165) is 5.39 Å². The van der Waals surface area contributed by atoms with Gasteiger partial charge < -0.3 is 5.32 Å². The lowest BCUT2D eigenvalue weighted by Gasteiger charge is -2.01. The number of aromatic amines is 1. The van der Waals surface area contributed by atoms with E-state index in [-0.39, 0.29) is 5.56 Å². The molecule has 0 saturated heterocycles. The molecule has 2 aromatic rings. The Kier molecular flexibility index (Phi) is 1.70. The predicted octanol–water partition coefficient (Wildman–Crippen LogP) is 0.360. The standard InChI is InChI=1S/C8H8N4O/c1-9-7-6-4-10-3-2-5(6)8(13)12-11-7/h2-4H,1H3,(H,9,11)(H,12,13). The van der Waals surface area contributed by atoms with E-state index in [0.29, 0.717) is 11.2 Å². The average Bonchev–Trinajstić information content (AvgIpc) is 2.19. The second kappa shape index (κ2) is 2.85. The molecule has 0 radical (unpaired) electrons. The molecule has 0 fully saturated rings. The Hall–Kier alpha value is -1.91. The molecule has 13 heavy (non-hydrogen) atoms. The first-order valence-corrected chi connectivity index (χ1v) is 3.83. The first-order chi connectivity index (χ1) is 6.33. The molecule has 5 nitrogen and oxygen atoms in total. The van der Waals surface area contributed by atoms with Crippen molar-refractivity contribution in [1.29, 1.82) is 0 Å². The normalized spacial score (nSPS) is 10.2. The molecule has 2 heterocycles. The number of nitrogens with one attached hydrogen (secondary N) is 2. The quantitative estimate of drug-likeness (QED) is 0.658. The molecule has 5 heteroatoms. The van der Waals surface area contributed by atoms with Crippen molar-refractivity contribution < 1.29 is 0 Å².